The van der Waals surface area contributed by atoms with Crippen LogP contribution >= 0.6 is 11.3 Å². The summed E-state index contributed by atoms with van der Waals surface area (Å²) in [6.07, 6.45) is 1.52. The lowest BCUT2D eigenvalue weighted by atomic mass is 10.1. The largest absolute Gasteiger partial charge is 0.367 e. The molecule has 0 unspecified atom stereocenters. The lowest BCUT2D eigenvalue weighted by Crippen LogP contribution is -2.29. The zero-order valence-corrected chi connectivity index (χ0v) is 11.4. The molecule has 20 heavy (non-hydrogen) atoms. The van der Waals surface area contributed by atoms with Gasteiger partial charge in [0.25, 0.3) is 5.69 Å². The topological polar surface area (TPSA) is 63.5 Å². The van der Waals surface area contributed by atoms with Crippen LogP contribution in [0.2, 0.25) is 0 Å². The number of nitro benzene ring substituents is 1. The Morgan fingerprint density at radius 2 is 2.20 bits per heavy atom. The molecule has 1 aromatic carbocycles. The number of hydrogen-bond acceptors (Lipinski definition) is 5. The molecule has 102 valence electrons. The molecule has 5 nitrogen and oxygen atoms in total. The molecule has 0 saturated heterocycles. The molecule has 0 N–H and O–H groups in total. The quantitative estimate of drug-likeness (QED) is 0.495. The minimum absolute atomic E-state index is 0.128. The highest BCUT2D eigenvalue weighted by Gasteiger charge is 2.20. The second-order valence-corrected chi connectivity index (χ2v) is 5.66. The van der Waals surface area contributed by atoms with Crippen molar-refractivity contribution in [2.45, 2.75) is 13.0 Å². The molecule has 0 amide bonds. The van der Waals surface area contributed by atoms with Gasteiger partial charge < -0.3 is 4.90 Å². The molecule has 0 saturated carbocycles. The summed E-state index contributed by atoms with van der Waals surface area (Å²) in [6.45, 7) is 1.65. The van der Waals surface area contributed by atoms with Gasteiger partial charge in [0.05, 0.1) is 10.5 Å². The van der Waals surface area contributed by atoms with E-state index >= 15 is 0 Å². The van der Waals surface area contributed by atoms with E-state index in [1.807, 2.05) is 0 Å². The minimum Gasteiger partial charge on any atom is -0.367 e. The zero-order chi connectivity index (χ0) is 14.1. The molecule has 3 rings (SSSR count). The first-order valence-corrected chi connectivity index (χ1v) is 7.11. The Hall–Kier alpha value is -2.21. The maximum Gasteiger partial charge on any atom is 0.280 e. The van der Waals surface area contributed by atoms with E-state index in [2.05, 4.69) is 16.3 Å². The molecule has 0 radical (unpaired) electrons. The normalized spacial score (nSPS) is 13.9. The summed E-state index contributed by atoms with van der Waals surface area (Å²) >= 11 is 1.76. The molecule has 6 heteroatoms. The van der Waals surface area contributed by atoms with Gasteiger partial charge in [0.1, 0.15) is 0 Å². The third-order valence-electron chi connectivity index (χ3n) is 3.51. The number of rotatable bonds is 3. The first-order chi connectivity index (χ1) is 9.69. The van der Waals surface area contributed by atoms with Crippen molar-refractivity contribution in [2.24, 2.45) is 0 Å². The molecule has 1 aromatic heterocycles. The maximum absolute atomic E-state index is 11.0. The number of aldehydes is 1. The van der Waals surface area contributed by atoms with Crippen molar-refractivity contribution in [2.75, 3.05) is 11.4 Å². The van der Waals surface area contributed by atoms with Gasteiger partial charge in [-0.1, -0.05) is 0 Å². The van der Waals surface area contributed by atoms with Crippen LogP contribution in [0.15, 0.2) is 29.6 Å². The lowest BCUT2D eigenvalue weighted by Gasteiger charge is -2.29. The van der Waals surface area contributed by atoms with Gasteiger partial charge in [-0.3, -0.25) is 14.9 Å². The molecule has 2 heterocycles. The van der Waals surface area contributed by atoms with Gasteiger partial charge in [0.15, 0.2) is 6.29 Å². The molecule has 0 spiro atoms. The molecule has 1 aliphatic rings. The second kappa shape index (κ2) is 5.05. The molecular weight excluding hydrogens is 276 g/mol. The second-order valence-electron chi connectivity index (χ2n) is 4.66. The van der Waals surface area contributed by atoms with Gasteiger partial charge in [-0.15, -0.1) is 11.3 Å². The Kier molecular flexibility index (Phi) is 3.23. The van der Waals surface area contributed by atoms with Crippen molar-refractivity contribution in [1.29, 1.82) is 0 Å². The van der Waals surface area contributed by atoms with Crippen LogP contribution in [-0.4, -0.2) is 17.8 Å². The summed E-state index contributed by atoms with van der Waals surface area (Å²) in [5.74, 6) is 0. The Bertz CT molecular complexity index is 681. The Balaban J connectivity index is 1.92. The van der Waals surface area contributed by atoms with Crippen molar-refractivity contribution in [3.05, 3.63) is 55.8 Å². The number of nitro groups is 1. The Labute approximate surface area is 119 Å². The number of carbonyl (C=O) groups excluding carboxylic acids is 1. The minimum atomic E-state index is -0.527. The predicted octanol–water partition coefficient (Wildman–Crippen LogP) is 3.03. The summed E-state index contributed by atoms with van der Waals surface area (Å²) in [5.41, 5.74) is 2.14. The third kappa shape index (κ3) is 2.18. The Morgan fingerprint density at radius 3 is 2.95 bits per heavy atom. The van der Waals surface area contributed by atoms with Crippen LogP contribution in [0.25, 0.3) is 0 Å². The average molecular weight is 288 g/mol. The highest BCUT2D eigenvalue weighted by atomic mass is 32.1. The number of carbonyl (C=O) groups is 1. The fraction of sp³-hybridized carbons (Fsp3) is 0.214. The van der Waals surface area contributed by atoms with Gasteiger partial charge in [-0.05, 0) is 35.6 Å². The molecule has 0 bridgehead atoms. The van der Waals surface area contributed by atoms with Crippen molar-refractivity contribution >= 4 is 29.0 Å². The highest BCUT2D eigenvalue weighted by Crippen LogP contribution is 2.30. The molecule has 1 aliphatic heterocycles. The maximum atomic E-state index is 11.0. The third-order valence-corrected chi connectivity index (χ3v) is 4.53. The molecule has 0 fully saturated rings. The van der Waals surface area contributed by atoms with Crippen LogP contribution in [0.1, 0.15) is 20.8 Å². The fourth-order valence-corrected chi connectivity index (χ4v) is 3.36. The van der Waals surface area contributed by atoms with E-state index in [9.17, 15) is 14.9 Å². The summed E-state index contributed by atoms with van der Waals surface area (Å²) < 4.78 is 0. The number of nitrogens with zero attached hydrogens (tertiary/aromatic N) is 2. The first-order valence-electron chi connectivity index (χ1n) is 6.23. The van der Waals surface area contributed by atoms with Gasteiger partial charge in [-0.25, -0.2) is 0 Å². The number of benzene rings is 1. The summed E-state index contributed by atoms with van der Waals surface area (Å²) in [4.78, 5) is 24.9. The van der Waals surface area contributed by atoms with Crippen molar-refractivity contribution < 1.29 is 9.72 Å². The van der Waals surface area contributed by atoms with E-state index in [-0.39, 0.29) is 11.3 Å². The van der Waals surface area contributed by atoms with Crippen LogP contribution in [0.4, 0.5) is 11.4 Å². The van der Waals surface area contributed by atoms with E-state index in [0.29, 0.717) is 6.29 Å². The number of anilines is 1. The molecule has 0 atom stereocenters. The van der Waals surface area contributed by atoms with Crippen molar-refractivity contribution in [3.8, 4) is 0 Å². The number of hydrogen-bond donors (Lipinski definition) is 0. The molecule has 0 aliphatic carbocycles. The first kappa shape index (κ1) is 12.8. The van der Waals surface area contributed by atoms with E-state index in [0.717, 1.165) is 25.2 Å². The van der Waals surface area contributed by atoms with Crippen LogP contribution in [-0.2, 0) is 13.0 Å². The van der Waals surface area contributed by atoms with E-state index in [1.54, 1.807) is 23.5 Å². The SMILES string of the molecule is O=Cc1cc(N2CCc3sccc3C2)ccc1[N+](=O)[O-]. The van der Waals surface area contributed by atoms with Gasteiger partial charge in [0.2, 0.25) is 0 Å². The molecular formula is C14H12N2O3S. The van der Waals surface area contributed by atoms with Crippen LogP contribution in [0, 0.1) is 10.1 Å². The zero-order valence-electron chi connectivity index (χ0n) is 10.6. The fourth-order valence-electron chi connectivity index (χ4n) is 2.47. The standard InChI is InChI=1S/C14H12N2O3S/c17-9-11-7-12(1-2-13(11)16(18)19)15-5-3-14-10(8-15)4-6-20-14/h1-2,4,6-7,9H,3,5,8H2. The van der Waals surface area contributed by atoms with E-state index in [4.69, 9.17) is 0 Å². The summed E-state index contributed by atoms with van der Waals surface area (Å²) in [7, 11) is 0. The van der Waals surface area contributed by atoms with Crippen LogP contribution in [0.3, 0.4) is 0 Å². The van der Waals surface area contributed by atoms with E-state index in [1.165, 1.54) is 16.5 Å². The number of thiophene rings is 1. The van der Waals surface area contributed by atoms with Gasteiger partial charge in [-0.2, -0.15) is 0 Å². The van der Waals surface area contributed by atoms with Crippen LogP contribution < -0.4 is 4.90 Å². The summed E-state index contributed by atoms with van der Waals surface area (Å²) in [5, 5.41) is 12.9. The van der Waals surface area contributed by atoms with Crippen molar-refractivity contribution in [3.63, 3.8) is 0 Å². The Morgan fingerprint density at radius 1 is 1.35 bits per heavy atom. The van der Waals surface area contributed by atoms with Crippen molar-refractivity contribution in [1.82, 2.24) is 0 Å². The predicted molar refractivity (Wildman–Crippen MR) is 77.6 cm³/mol. The highest BCUT2D eigenvalue weighted by molar-refractivity contribution is 7.10. The van der Waals surface area contributed by atoms with Gasteiger partial charge in [0, 0.05) is 29.7 Å². The smallest absolute Gasteiger partial charge is 0.280 e. The van der Waals surface area contributed by atoms with Crippen LogP contribution in [0.5, 0.6) is 0 Å². The molecule has 2 aromatic rings. The lowest BCUT2D eigenvalue weighted by molar-refractivity contribution is -0.385. The number of fused-ring (bicyclic) bond motifs is 1. The van der Waals surface area contributed by atoms with E-state index < -0.39 is 4.92 Å². The summed E-state index contributed by atoms with van der Waals surface area (Å²) in [6, 6.07) is 6.82. The van der Waals surface area contributed by atoms with Gasteiger partial charge >= 0.3 is 0 Å². The average Bonchev–Trinajstić information content (AvgIpc) is 2.93. The monoisotopic (exact) mass is 288 g/mol.